The number of anilines is 1. The predicted octanol–water partition coefficient (Wildman–Crippen LogP) is 2.57. The number of nitrogens with zero attached hydrogens (tertiary/aromatic N) is 1. The average molecular weight is 337 g/mol. The Morgan fingerprint density at radius 3 is 2.40 bits per heavy atom. The van der Waals surface area contributed by atoms with E-state index in [-0.39, 0.29) is 6.61 Å². The van der Waals surface area contributed by atoms with Crippen molar-refractivity contribution in [1.29, 1.82) is 0 Å². The number of hydrazine groups is 1. The van der Waals surface area contributed by atoms with Crippen molar-refractivity contribution >= 4 is 21.6 Å². The summed E-state index contributed by atoms with van der Waals surface area (Å²) in [6.45, 7) is 0.503. The molecule has 2 rings (SSSR count). The first-order chi connectivity index (χ1) is 9.65. The smallest absolute Gasteiger partial charge is 0.119 e. The van der Waals surface area contributed by atoms with Gasteiger partial charge in [-0.2, -0.15) is 0 Å². The summed E-state index contributed by atoms with van der Waals surface area (Å²) in [7, 11) is 0. The Morgan fingerprint density at radius 1 is 1.10 bits per heavy atom. The largest absolute Gasteiger partial charge is 0.491 e. The van der Waals surface area contributed by atoms with Gasteiger partial charge in [0.1, 0.15) is 18.5 Å². The Kier molecular flexibility index (Phi) is 5.40. The summed E-state index contributed by atoms with van der Waals surface area (Å²) in [6, 6.07) is 17.0. The molecule has 0 saturated carbocycles. The van der Waals surface area contributed by atoms with Gasteiger partial charge in [-0.3, -0.25) is 0 Å². The van der Waals surface area contributed by atoms with E-state index in [4.69, 9.17) is 10.6 Å². The summed E-state index contributed by atoms with van der Waals surface area (Å²) in [4.78, 5) is 0. The molecule has 5 heteroatoms. The second kappa shape index (κ2) is 7.28. The van der Waals surface area contributed by atoms with Crippen LogP contribution in [-0.4, -0.2) is 24.4 Å². The standard InChI is InChI=1S/C15H17BrN2O2/c16-12-6-8-13(9-7-12)18(17)10-14(19)11-20-15-4-2-1-3-5-15/h1-9,14,19H,10-11,17H2. The molecule has 0 radical (unpaired) electrons. The lowest BCUT2D eigenvalue weighted by Gasteiger charge is -2.22. The molecule has 0 fully saturated rings. The molecule has 1 atom stereocenters. The molecule has 0 heterocycles. The number of aliphatic hydroxyl groups excluding tert-OH is 1. The molecule has 4 nitrogen and oxygen atoms in total. The highest BCUT2D eigenvalue weighted by Crippen LogP contribution is 2.16. The quantitative estimate of drug-likeness (QED) is 0.628. The fraction of sp³-hybridized carbons (Fsp3) is 0.200. The molecular weight excluding hydrogens is 320 g/mol. The number of rotatable bonds is 6. The zero-order valence-corrected chi connectivity index (χ0v) is 12.5. The summed E-state index contributed by atoms with van der Waals surface area (Å²) in [5.74, 6) is 6.65. The highest BCUT2D eigenvalue weighted by Gasteiger charge is 2.10. The second-order valence-corrected chi connectivity index (χ2v) is 5.32. The number of hydrogen-bond acceptors (Lipinski definition) is 4. The summed E-state index contributed by atoms with van der Waals surface area (Å²) < 4.78 is 6.47. The Balaban J connectivity index is 1.82. The van der Waals surface area contributed by atoms with Crippen LogP contribution in [0.5, 0.6) is 5.75 Å². The molecule has 2 aromatic carbocycles. The maximum absolute atomic E-state index is 9.94. The number of hydrogen-bond donors (Lipinski definition) is 2. The van der Waals surface area contributed by atoms with Gasteiger partial charge in [-0.15, -0.1) is 0 Å². The van der Waals surface area contributed by atoms with Gasteiger partial charge in [-0.1, -0.05) is 34.1 Å². The Bertz CT molecular complexity index is 519. The van der Waals surface area contributed by atoms with E-state index in [0.29, 0.717) is 6.54 Å². The van der Waals surface area contributed by atoms with Crippen LogP contribution in [0.1, 0.15) is 0 Å². The molecule has 0 aliphatic rings. The highest BCUT2D eigenvalue weighted by atomic mass is 79.9. The third-order valence-corrected chi connectivity index (χ3v) is 3.28. The molecule has 0 aliphatic carbocycles. The van der Waals surface area contributed by atoms with Crippen LogP contribution in [0.2, 0.25) is 0 Å². The van der Waals surface area contributed by atoms with Crippen molar-refractivity contribution in [3.63, 3.8) is 0 Å². The second-order valence-electron chi connectivity index (χ2n) is 4.41. The van der Waals surface area contributed by atoms with E-state index < -0.39 is 6.10 Å². The monoisotopic (exact) mass is 336 g/mol. The van der Waals surface area contributed by atoms with E-state index in [0.717, 1.165) is 15.9 Å². The molecule has 0 saturated heterocycles. The third-order valence-electron chi connectivity index (χ3n) is 2.75. The minimum absolute atomic E-state index is 0.203. The Hall–Kier alpha value is -1.56. The van der Waals surface area contributed by atoms with Crippen molar-refractivity contribution in [2.45, 2.75) is 6.10 Å². The minimum Gasteiger partial charge on any atom is -0.491 e. The maximum Gasteiger partial charge on any atom is 0.119 e. The molecule has 3 N–H and O–H groups in total. The molecule has 0 aromatic heterocycles. The molecular formula is C15H17BrN2O2. The summed E-state index contributed by atoms with van der Waals surface area (Å²) in [6.07, 6.45) is -0.663. The molecule has 0 aliphatic heterocycles. The van der Waals surface area contributed by atoms with Crippen molar-refractivity contribution in [3.8, 4) is 5.75 Å². The predicted molar refractivity (Wildman–Crippen MR) is 83.6 cm³/mol. The molecule has 20 heavy (non-hydrogen) atoms. The van der Waals surface area contributed by atoms with Crippen LogP contribution >= 0.6 is 15.9 Å². The summed E-state index contributed by atoms with van der Waals surface area (Å²) >= 11 is 3.37. The van der Waals surface area contributed by atoms with E-state index in [1.807, 2.05) is 54.6 Å². The van der Waals surface area contributed by atoms with Crippen LogP contribution in [-0.2, 0) is 0 Å². The van der Waals surface area contributed by atoms with Crippen molar-refractivity contribution in [1.82, 2.24) is 0 Å². The Labute approximate surface area is 126 Å². The number of aliphatic hydroxyl groups is 1. The van der Waals surface area contributed by atoms with Crippen LogP contribution in [0.15, 0.2) is 59.1 Å². The van der Waals surface area contributed by atoms with Gasteiger partial charge >= 0.3 is 0 Å². The van der Waals surface area contributed by atoms with Crippen molar-refractivity contribution in [2.24, 2.45) is 5.84 Å². The fourth-order valence-electron chi connectivity index (χ4n) is 1.73. The van der Waals surface area contributed by atoms with Crippen LogP contribution in [0, 0.1) is 0 Å². The van der Waals surface area contributed by atoms with E-state index in [9.17, 15) is 5.11 Å². The molecule has 106 valence electrons. The van der Waals surface area contributed by atoms with Gasteiger partial charge < -0.3 is 14.9 Å². The number of benzene rings is 2. The third kappa shape index (κ3) is 4.52. The van der Waals surface area contributed by atoms with Gasteiger partial charge in [0.25, 0.3) is 0 Å². The lowest BCUT2D eigenvalue weighted by atomic mass is 10.3. The van der Waals surface area contributed by atoms with Crippen LogP contribution in [0.25, 0.3) is 0 Å². The molecule has 1 unspecified atom stereocenters. The fourth-order valence-corrected chi connectivity index (χ4v) is 1.99. The normalized spacial score (nSPS) is 11.9. The Morgan fingerprint density at radius 2 is 1.75 bits per heavy atom. The summed E-state index contributed by atoms with van der Waals surface area (Å²) in [5.41, 5.74) is 0.840. The van der Waals surface area contributed by atoms with Gasteiger partial charge in [-0.05, 0) is 36.4 Å². The topological polar surface area (TPSA) is 58.7 Å². The van der Waals surface area contributed by atoms with Crippen molar-refractivity contribution in [3.05, 3.63) is 59.1 Å². The van der Waals surface area contributed by atoms with Crippen LogP contribution < -0.4 is 15.6 Å². The number of ether oxygens (including phenoxy) is 1. The lowest BCUT2D eigenvalue weighted by Crippen LogP contribution is -2.40. The van der Waals surface area contributed by atoms with E-state index in [1.165, 1.54) is 5.01 Å². The van der Waals surface area contributed by atoms with Gasteiger partial charge in [0, 0.05) is 4.47 Å². The lowest BCUT2D eigenvalue weighted by molar-refractivity contribution is 0.112. The molecule has 0 amide bonds. The molecule has 0 spiro atoms. The van der Waals surface area contributed by atoms with Crippen LogP contribution in [0.3, 0.4) is 0 Å². The molecule has 2 aromatic rings. The van der Waals surface area contributed by atoms with Crippen molar-refractivity contribution < 1.29 is 9.84 Å². The van der Waals surface area contributed by atoms with E-state index in [1.54, 1.807) is 0 Å². The minimum atomic E-state index is -0.663. The number of para-hydroxylation sites is 1. The van der Waals surface area contributed by atoms with E-state index in [2.05, 4.69) is 15.9 Å². The number of halogens is 1. The van der Waals surface area contributed by atoms with Gasteiger partial charge in [0.15, 0.2) is 0 Å². The van der Waals surface area contributed by atoms with Gasteiger partial charge in [0.2, 0.25) is 0 Å². The van der Waals surface area contributed by atoms with Crippen molar-refractivity contribution in [2.75, 3.05) is 18.2 Å². The first-order valence-corrected chi connectivity index (χ1v) is 7.08. The summed E-state index contributed by atoms with van der Waals surface area (Å²) in [5, 5.41) is 11.4. The van der Waals surface area contributed by atoms with E-state index >= 15 is 0 Å². The first kappa shape index (κ1) is 14.8. The number of nitrogens with two attached hydrogens (primary N) is 1. The van der Waals surface area contributed by atoms with Gasteiger partial charge in [-0.25, -0.2) is 5.84 Å². The maximum atomic E-state index is 9.94. The van der Waals surface area contributed by atoms with Gasteiger partial charge in [0.05, 0.1) is 12.2 Å². The first-order valence-electron chi connectivity index (χ1n) is 6.29. The van der Waals surface area contributed by atoms with Crippen LogP contribution in [0.4, 0.5) is 5.69 Å². The average Bonchev–Trinajstić information content (AvgIpc) is 2.47. The molecule has 0 bridgehead atoms. The zero-order chi connectivity index (χ0) is 14.4. The SMILES string of the molecule is NN(CC(O)COc1ccccc1)c1ccc(Br)cc1. The highest BCUT2D eigenvalue weighted by molar-refractivity contribution is 9.10. The zero-order valence-electron chi connectivity index (χ0n) is 10.9.